The minimum absolute atomic E-state index is 0.0576. The summed E-state index contributed by atoms with van der Waals surface area (Å²) in [5.41, 5.74) is 8.21. The van der Waals surface area contributed by atoms with E-state index in [1.165, 1.54) is 12.0 Å². The molecule has 2 N–H and O–H groups in total. The van der Waals surface area contributed by atoms with E-state index in [1.807, 2.05) is 36.1 Å². The Labute approximate surface area is 115 Å². The van der Waals surface area contributed by atoms with Crippen molar-refractivity contribution in [2.75, 3.05) is 13.1 Å². The van der Waals surface area contributed by atoms with Gasteiger partial charge in [0.25, 0.3) is 0 Å². The number of nitrogens with zero attached hydrogens (tertiary/aromatic N) is 1. The van der Waals surface area contributed by atoms with Crippen molar-refractivity contribution in [1.29, 1.82) is 0 Å². The fourth-order valence-electron chi connectivity index (χ4n) is 2.96. The molecular weight excluding hydrogens is 236 g/mol. The van der Waals surface area contributed by atoms with Gasteiger partial charge in [-0.15, -0.1) is 0 Å². The van der Waals surface area contributed by atoms with Gasteiger partial charge < -0.3 is 10.6 Å². The molecule has 104 valence electrons. The Balaban J connectivity index is 2.08. The first-order valence-corrected chi connectivity index (χ1v) is 7.08. The van der Waals surface area contributed by atoms with Gasteiger partial charge in [0.2, 0.25) is 5.91 Å². The highest BCUT2D eigenvalue weighted by atomic mass is 16.2. The minimum Gasteiger partial charge on any atom is -0.341 e. The molecule has 3 nitrogen and oxygen atoms in total. The van der Waals surface area contributed by atoms with E-state index >= 15 is 0 Å². The summed E-state index contributed by atoms with van der Waals surface area (Å²) in [6.45, 7) is 8.11. The Kier molecular flexibility index (Phi) is 4.25. The van der Waals surface area contributed by atoms with Crippen LogP contribution in [-0.2, 0) is 4.79 Å². The maximum atomic E-state index is 12.5. The van der Waals surface area contributed by atoms with E-state index in [0.29, 0.717) is 11.8 Å². The number of rotatable bonds is 2. The van der Waals surface area contributed by atoms with E-state index in [4.69, 9.17) is 5.73 Å². The molecule has 1 saturated heterocycles. The summed E-state index contributed by atoms with van der Waals surface area (Å²) in [4.78, 5) is 14.4. The SMILES string of the molecule is Cc1ccc(C(N)C(=O)N2CC(C)CC(C)C2)cc1. The van der Waals surface area contributed by atoms with Crippen molar-refractivity contribution in [3.63, 3.8) is 0 Å². The van der Waals surface area contributed by atoms with Gasteiger partial charge in [0.1, 0.15) is 6.04 Å². The third-order valence-corrected chi connectivity index (χ3v) is 3.88. The van der Waals surface area contributed by atoms with Crippen LogP contribution in [0.1, 0.15) is 37.4 Å². The standard InChI is InChI=1S/C16H24N2O/c1-11-4-6-14(7-5-11)15(17)16(19)18-9-12(2)8-13(3)10-18/h4-7,12-13,15H,8-10,17H2,1-3H3. The molecular formula is C16H24N2O. The predicted octanol–water partition coefficient (Wildman–Crippen LogP) is 2.50. The van der Waals surface area contributed by atoms with Crippen molar-refractivity contribution in [2.24, 2.45) is 17.6 Å². The molecule has 1 aliphatic heterocycles. The zero-order chi connectivity index (χ0) is 14.0. The molecule has 1 aliphatic rings. The lowest BCUT2D eigenvalue weighted by atomic mass is 9.91. The van der Waals surface area contributed by atoms with Crippen LogP contribution in [0.4, 0.5) is 0 Å². The number of nitrogens with two attached hydrogens (primary N) is 1. The fraction of sp³-hybridized carbons (Fsp3) is 0.562. The van der Waals surface area contributed by atoms with E-state index in [9.17, 15) is 4.79 Å². The molecule has 0 saturated carbocycles. The molecule has 0 aromatic heterocycles. The van der Waals surface area contributed by atoms with Crippen molar-refractivity contribution in [3.8, 4) is 0 Å². The van der Waals surface area contributed by atoms with Crippen LogP contribution in [0.25, 0.3) is 0 Å². The van der Waals surface area contributed by atoms with E-state index in [1.54, 1.807) is 0 Å². The Morgan fingerprint density at radius 3 is 2.26 bits per heavy atom. The second-order valence-corrected chi connectivity index (χ2v) is 6.08. The first-order valence-electron chi connectivity index (χ1n) is 7.08. The number of amides is 1. The van der Waals surface area contributed by atoms with Crippen molar-refractivity contribution in [1.82, 2.24) is 4.90 Å². The minimum atomic E-state index is -0.530. The number of hydrogen-bond donors (Lipinski definition) is 1. The lowest BCUT2D eigenvalue weighted by molar-refractivity contribution is -0.135. The van der Waals surface area contributed by atoms with Crippen LogP contribution in [-0.4, -0.2) is 23.9 Å². The van der Waals surface area contributed by atoms with Crippen LogP contribution in [0.2, 0.25) is 0 Å². The van der Waals surface area contributed by atoms with E-state index < -0.39 is 6.04 Å². The molecule has 2 rings (SSSR count). The summed E-state index contributed by atoms with van der Waals surface area (Å²) in [7, 11) is 0. The van der Waals surface area contributed by atoms with E-state index in [-0.39, 0.29) is 5.91 Å². The summed E-state index contributed by atoms with van der Waals surface area (Å²) in [5.74, 6) is 1.19. The molecule has 0 spiro atoms. The Bertz CT molecular complexity index is 431. The Morgan fingerprint density at radius 2 is 1.74 bits per heavy atom. The van der Waals surface area contributed by atoms with Crippen LogP contribution in [0.3, 0.4) is 0 Å². The van der Waals surface area contributed by atoms with Gasteiger partial charge in [0.15, 0.2) is 0 Å². The number of hydrogen-bond acceptors (Lipinski definition) is 2. The number of carbonyl (C=O) groups excluding carboxylic acids is 1. The number of likely N-dealkylation sites (tertiary alicyclic amines) is 1. The van der Waals surface area contributed by atoms with Crippen LogP contribution >= 0.6 is 0 Å². The molecule has 3 heteroatoms. The van der Waals surface area contributed by atoms with Crippen molar-refractivity contribution in [3.05, 3.63) is 35.4 Å². The molecule has 1 amide bonds. The zero-order valence-electron chi connectivity index (χ0n) is 12.1. The molecule has 0 radical (unpaired) electrons. The van der Waals surface area contributed by atoms with Crippen LogP contribution < -0.4 is 5.73 Å². The highest BCUT2D eigenvalue weighted by Gasteiger charge is 2.29. The molecule has 19 heavy (non-hydrogen) atoms. The Morgan fingerprint density at radius 1 is 1.21 bits per heavy atom. The topological polar surface area (TPSA) is 46.3 Å². The van der Waals surface area contributed by atoms with E-state index in [0.717, 1.165) is 18.7 Å². The smallest absolute Gasteiger partial charge is 0.244 e. The third kappa shape index (κ3) is 3.35. The third-order valence-electron chi connectivity index (χ3n) is 3.88. The first-order chi connectivity index (χ1) is 8.97. The number of benzene rings is 1. The summed E-state index contributed by atoms with van der Waals surface area (Å²) >= 11 is 0. The Hall–Kier alpha value is -1.35. The van der Waals surface area contributed by atoms with Gasteiger partial charge in [-0.2, -0.15) is 0 Å². The van der Waals surface area contributed by atoms with Crippen LogP contribution in [0, 0.1) is 18.8 Å². The van der Waals surface area contributed by atoms with Crippen molar-refractivity contribution >= 4 is 5.91 Å². The number of carbonyl (C=O) groups is 1. The van der Waals surface area contributed by atoms with Gasteiger partial charge in [-0.1, -0.05) is 43.7 Å². The molecule has 1 aromatic rings. The number of aryl methyl sites for hydroxylation is 1. The molecule has 0 bridgehead atoms. The van der Waals surface area contributed by atoms with Crippen molar-refractivity contribution in [2.45, 2.75) is 33.2 Å². The monoisotopic (exact) mass is 260 g/mol. The fourth-order valence-corrected chi connectivity index (χ4v) is 2.96. The number of piperidine rings is 1. The summed E-state index contributed by atoms with van der Waals surface area (Å²) in [6.07, 6.45) is 1.20. The normalized spacial score (nSPS) is 25.2. The highest BCUT2D eigenvalue weighted by Crippen LogP contribution is 2.23. The molecule has 1 aromatic carbocycles. The van der Waals surface area contributed by atoms with Gasteiger partial charge in [0.05, 0.1) is 0 Å². The average molecular weight is 260 g/mol. The zero-order valence-corrected chi connectivity index (χ0v) is 12.1. The molecule has 1 fully saturated rings. The average Bonchev–Trinajstić information content (AvgIpc) is 2.37. The maximum Gasteiger partial charge on any atom is 0.244 e. The second-order valence-electron chi connectivity index (χ2n) is 6.08. The van der Waals surface area contributed by atoms with Crippen LogP contribution in [0.15, 0.2) is 24.3 Å². The summed E-state index contributed by atoms with van der Waals surface area (Å²) < 4.78 is 0. The molecule has 1 heterocycles. The predicted molar refractivity (Wildman–Crippen MR) is 77.6 cm³/mol. The molecule has 3 unspecified atom stereocenters. The largest absolute Gasteiger partial charge is 0.341 e. The maximum absolute atomic E-state index is 12.5. The van der Waals surface area contributed by atoms with E-state index in [2.05, 4.69) is 13.8 Å². The van der Waals surface area contributed by atoms with Gasteiger partial charge in [-0.3, -0.25) is 4.79 Å². The summed E-state index contributed by atoms with van der Waals surface area (Å²) in [5, 5.41) is 0. The summed E-state index contributed by atoms with van der Waals surface area (Å²) in [6, 6.07) is 7.38. The van der Waals surface area contributed by atoms with Gasteiger partial charge in [-0.25, -0.2) is 0 Å². The van der Waals surface area contributed by atoms with Gasteiger partial charge in [0, 0.05) is 13.1 Å². The van der Waals surface area contributed by atoms with Crippen molar-refractivity contribution < 1.29 is 4.79 Å². The molecule has 0 aliphatic carbocycles. The van der Waals surface area contributed by atoms with Gasteiger partial charge in [-0.05, 0) is 30.7 Å². The first kappa shape index (κ1) is 14.1. The lowest BCUT2D eigenvalue weighted by Crippen LogP contribution is -2.46. The molecule has 3 atom stereocenters. The second kappa shape index (κ2) is 5.74. The lowest BCUT2D eigenvalue weighted by Gasteiger charge is -2.36. The highest BCUT2D eigenvalue weighted by molar-refractivity contribution is 5.83. The van der Waals surface area contributed by atoms with Gasteiger partial charge >= 0.3 is 0 Å². The quantitative estimate of drug-likeness (QED) is 0.888. The van der Waals surface area contributed by atoms with Crippen LogP contribution in [0.5, 0.6) is 0 Å².